The predicted molar refractivity (Wildman–Crippen MR) is 26.8 cm³/mol. The molecule has 7 heavy (non-hydrogen) atoms. The van der Waals surface area contributed by atoms with Crippen molar-refractivity contribution in [2.45, 2.75) is 5.92 Å². The first-order chi connectivity index (χ1) is 3.17. The Morgan fingerprint density at radius 1 is 1.71 bits per heavy atom. The second kappa shape index (κ2) is 1.28. The van der Waals surface area contributed by atoms with Crippen molar-refractivity contribution in [1.29, 1.82) is 0 Å². The van der Waals surface area contributed by atoms with Gasteiger partial charge in [0.2, 0.25) is 0 Å². The molecule has 0 spiro atoms. The number of halogens is 3. The highest BCUT2D eigenvalue weighted by Gasteiger charge is 2.43. The molecule has 0 bridgehead atoms. The van der Waals surface area contributed by atoms with E-state index < -0.39 is 5.92 Å². The van der Waals surface area contributed by atoms with Crippen LogP contribution in [0.4, 0.5) is 8.78 Å². The van der Waals surface area contributed by atoms with Crippen LogP contribution in [-0.4, -0.2) is 11.3 Å². The van der Waals surface area contributed by atoms with Gasteiger partial charge in [-0.05, 0) is 6.08 Å². The number of hydrogen-bond acceptors (Lipinski definition) is 0. The molecular weight excluding hydrogens is 166 g/mol. The van der Waals surface area contributed by atoms with E-state index in [1.807, 2.05) is 0 Å². The van der Waals surface area contributed by atoms with E-state index in [0.29, 0.717) is 5.33 Å². The fourth-order valence-electron chi connectivity index (χ4n) is 0.310. The van der Waals surface area contributed by atoms with Gasteiger partial charge in [0.1, 0.15) is 0 Å². The largest absolute Gasteiger partial charge is 0.289 e. The van der Waals surface area contributed by atoms with Crippen LogP contribution < -0.4 is 0 Å². The Balaban J connectivity index is 2.40. The Bertz CT molecular complexity index is 117. The first-order valence-corrected chi connectivity index (χ1v) is 2.95. The fourth-order valence-corrected chi connectivity index (χ4v) is 0.846. The monoisotopic (exact) mass is 168 g/mol. The highest BCUT2D eigenvalue weighted by Crippen LogP contribution is 2.40. The molecule has 0 nitrogen and oxygen atoms in total. The standard InChI is InChI=1S/C4H3BrF2/c5-2-3-1-4(3,6)7/h1H,2H2. The van der Waals surface area contributed by atoms with Gasteiger partial charge < -0.3 is 0 Å². The van der Waals surface area contributed by atoms with E-state index >= 15 is 0 Å². The molecule has 40 valence electrons. The van der Waals surface area contributed by atoms with Gasteiger partial charge >= 0.3 is 0 Å². The van der Waals surface area contributed by atoms with E-state index in [4.69, 9.17) is 0 Å². The molecule has 0 heterocycles. The third-order valence-electron chi connectivity index (χ3n) is 0.844. The van der Waals surface area contributed by atoms with Crippen LogP contribution in [-0.2, 0) is 0 Å². The lowest BCUT2D eigenvalue weighted by Crippen LogP contribution is -1.93. The van der Waals surface area contributed by atoms with Crippen molar-refractivity contribution in [2.75, 3.05) is 5.33 Å². The lowest BCUT2D eigenvalue weighted by atomic mass is 10.5. The summed E-state index contributed by atoms with van der Waals surface area (Å²) in [7, 11) is 0. The van der Waals surface area contributed by atoms with Crippen LogP contribution in [0.25, 0.3) is 0 Å². The zero-order valence-corrected chi connectivity index (χ0v) is 5.00. The Kier molecular flexibility index (Phi) is 0.953. The van der Waals surface area contributed by atoms with Gasteiger partial charge in [0, 0.05) is 10.9 Å². The zero-order valence-electron chi connectivity index (χ0n) is 3.42. The van der Waals surface area contributed by atoms with E-state index in [-0.39, 0.29) is 5.57 Å². The predicted octanol–water partition coefficient (Wildman–Crippen LogP) is 1.96. The van der Waals surface area contributed by atoms with Gasteiger partial charge in [0.05, 0.1) is 0 Å². The molecule has 0 aromatic heterocycles. The summed E-state index contributed by atoms with van der Waals surface area (Å²) in [6, 6.07) is 0. The summed E-state index contributed by atoms with van der Waals surface area (Å²) in [4.78, 5) is 0. The SMILES string of the molecule is FC1(F)C=C1CBr. The van der Waals surface area contributed by atoms with Crippen LogP contribution in [0.15, 0.2) is 11.6 Å². The van der Waals surface area contributed by atoms with Crippen LogP contribution in [0.3, 0.4) is 0 Å². The Labute approximate surface area is 48.3 Å². The average Bonchev–Trinajstić information content (AvgIpc) is 2.13. The molecule has 0 aliphatic heterocycles. The molecule has 1 aliphatic rings. The van der Waals surface area contributed by atoms with Crippen molar-refractivity contribution in [3.8, 4) is 0 Å². The van der Waals surface area contributed by atoms with Gasteiger partial charge in [0.25, 0.3) is 5.92 Å². The van der Waals surface area contributed by atoms with Crippen LogP contribution in [0.5, 0.6) is 0 Å². The maximum atomic E-state index is 11.7. The topological polar surface area (TPSA) is 0 Å². The zero-order chi connectivity index (χ0) is 5.49. The molecule has 1 aliphatic carbocycles. The lowest BCUT2D eigenvalue weighted by Gasteiger charge is -1.87. The van der Waals surface area contributed by atoms with Crippen molar-refractivity contribution < 1.29 is 8.78 Å². The summed E-state index contributed by atoms with van der Waals surface area (Å²) in [6.45, 7) is 0. The van der Waals surface area contributed by atoms with Crippen molar-refractivity contribution in [3.05, 3.63) is 11.6 Å². The first kappa shape index (κ1) is 5.22. The van der Waals surface area contributed by atoms with Gasteiger partial charge in [-0.2, -0.15) is 8.78 Å². The van der Waals surface area contributed by atoms with Gasteiger partial charge in [-0.3, -0.25) is 0 Å². The highest BCUT2D eigenvalue weighted by atomic mass is 79.9. The van der Waals surface area contributed by atoms with Gasteiger partial charge in [0.15, 0.2) is 0 Å². The molecule has 0 saturated carbocycles. The Morgan fingerprint density at radius 2 is 2.14 bits per heavy atom. The first-order valence-electron chi connectivity index (χ1n) is 1.83. The maximum Gasteiger partial charge on any atom is 0.289 e. The second-order valence-electron chi connectivity index (χ2n) is 1.43. The minimum Gasteiger partial charge on any atom is -0.197 e. The van der Waals surface area contributed by atoms with Crippen LogP contribution in [0.2, 0.25) is 0 Å². The molecule has 3 heteroatoms. The lowest BCUT2D eigenvalue weighted by molar-refractivity contribution is 0.143. The molecular formula is C4H3BrF2. The number of rotatable bonds is 1. The van der Waals surface area contributed by atoms with Gasteiger partial charge in [-0.1, -0.05) is 15.9 Å². The Morgan fingerprint density at radius 3 is 2.14 bits per heavy atom. The van der Waals surface area contributed by atoms with E-state index in [2.05, 4.69) is 15.9 Å². The molecule has 0 fully saturated rings. The smallest absolute Gasteiger partial charge is 0.197 e. The normalized spacial score (nSPS) is 24.1. The van der Waals surface area contributed by atoms with Crippen LogP contribution >= 0.6 is 15.9 Å². The molecule has 0 aromatic carbocycles. The summed E-state index contributed by atoms with van der Waals surface area (Å²) in [5.74, 6) is -2.54. The summed E-state index contributed by atoms with van der Waals surface area (Å²) < 4.78 is 23.3. The quantitative estimate of drug-likeness (QED) is 0.415. The minimum absolute atomic E-state index is 0.201. The third kappa shape index (κ3) is 0.824. The summed E-state index contributed by atoms with van der Waals surface area (Å²) in [5.41, 5.74) is 0.201. The summed E-state index contributed by atoms with van der Waals surface area (Å²) in [6.07, 6.45) is 0.946. The average molecular weight is 169 g/mol. The van der Waals surface area contributed by atoms with Crippen molar-refractivity contribution >= 4 is 15.9 Å². The van der Waals surface area contributed by atoms with Crippen molar-refractivity contribution in [2.24, 2.45) is 0 Å². The highest BCUT2D eigenvalue weighted by molar-refractivity contribution is 9.09. The number of alkyl halides is 3. The summed E-state index contributed by atoms with van der Waals surface area (Å²) >= 11 is 2.90. The fraction of sp³-hybridized carbons (Fsp3) is 0.500. The van der Waals surface area contributed by atoms with Crippen LogP contribution in [0.1, 0.15) is 0 Å². The molecule has 0 amide bonds. The minimum atomic E-state index is -2.54. The number of allylic oxidation sites excluding steroid dienone is 2. The van der Waals surface area contributed by atoms with Gasteiger partial charge in [-0.15, -0.1) is 0 Å². The summed E-state index contributed by atoms with van der Waals surface area (Å²) in [5, 5.41) is 0.306. The van der Waals surface area contributed by atoms with Crippen molar-refractivity contribution in [3.63, 3.8) is 0 Å². The van der Waals surface area contributed by atoms with E-state index in [1.165, 1.54) is 0 Å². The van der Waals surface area contributed by atoms with E-state index in [0.717, 1.165) is 6.08 Å². The van der Waals surface area contributed by atoms with Crippen molar-refractivity contribution in [1.82, 2.24) is 0 Å². The third-order valence-corrected chi connectivity index (χ3v) is 1.45. The molecule has 0 atom stereocenters. The number of hydrogen-bond donors (Lipinski definition) is 0. The molecule has 0 unspecified atom stereocenters. The molecule has 0 radical (unpaired) electrons. The van der Waals surface area contributed by atoms with E-state index in [9.17, 15) is 8.78 Å². The molecule has 0 saturated heterocycles. The molecule has 1 rings (SSSR count). The van der Waals surface area contributed by atoms with Crippen LogP contribution in [0, 0.1) is 0 Å². The van der Waals surface area contributed by atoms with Gasteiger partial charge in [-0.25, -0.2) is 0 Å². The maximum absolute atomic E-state index is 11.7. The Hall–Kier alpha value is 0.0800. The molecule has 0 N–H and O–H groups in total. The molecule has 0 aromatic rings. The second-order valence-corrected chi connectivity index (χ2v) is 1.99. The van der Waals surface area contributed by atoms with E-state index in [1.54, 1.807) is 0 Å².